The van der Waals surface area contributed by atoms with Gasteiger partial charge in [0.1, 0.15) is 0 Å². The van der Waals surface area contributed by atoms with E-state index in [1.165, 1.54) is 16.2 Å². The third-order valence-corrected chi connectivity index (χ3v) is 13.3. The van der Waals surface area contributed by atoms with Crippen molar-refractivity contribution in [3.8, 4) is 11.5 Å². The van der Waals surface area contributed by atoms with Gasteiger partial charge in [-0.05, 0) is 80.0 Å². The lowest BCUT2D eigenvalue weighted by atomic mass is 9.68. The number of thiazole rings is 1. The Morgan fingerprint density at radius 3 is 2.38 bits per heavy atom. The number of carbonyl (C=O) groups is 4. The number of amides is 3. The number of aromatic nitrogens is 1. The third kappa shape index (κ3) is 5.43. The number of morpholine rings is 1. The molecule has 4 heterocycles. The molecule has 3 aromatic rings. The van der Waals surface area contributed by atoms with E-state index in [0.29, 0.717) is 55.7 Å². The average Bonchev–Trinajstić information content (AvgIpc) is 3.87. The molecular weight excluding hydrogens is 683 g/mol. The van der Waals surface area contributed by atoms with Gasteiger partial charge in [0, 0.05) is 29.1 Å². The summed E-state index contributed by atoms with van der Waals surface area (Å²) in [5.41, 5.74) is 1.73. The number of nitrogens with zero attached hydrogens (tertiary/aromatic N) is 2. The molecule has 50 heavy (non-hydrogen) atoms. The van der Waals surface area contributed by atoms with Crippen LogP contribution in [-0.2, 0) is 23.9 Å². The first-order valence-electron chi connectivity index (χ1n) is 17.1. The molecule has 0 spiro atoms. The van der Waals surface area contributed by atoms with Crippen LogP contribution < -0.4 is 19.2 Å². The molecule has 2 bridgehead atoms. The summed E-state index contributed by atoms with van der Waals surface area (Å²) >= 11 is 2.82. The topological polar surface area (TPSA) is 145 Å². The van der Waals surface area contributed by atoms with Crippen molar-refractivity contribution < 1.29 is 38.1 Å². The van der Waals surface area contributed by atoms with Crippen LogP contribution in [0.4, 0.5) is 5.69 Å². The second kappa shape index (κ2) is 13.2. The molecule has 4 fully saturated rings. The Morgan fingerprint density at radius 2 is 1.66 bits per heavy atom. The zero-order chi connectivity index (χ0) is 34.7. The summed E-state index contributed by atoms with van der Waals surface area (Å²) in [5, 5.41) is 0.831. The molecule has 262 valence electrons. The first kappa shape index (κ1) is 33.0. The van der Waals surface area contributed by atoms with Crippen molar-refractivity contribution in [3.05, 3.63) is 68.1 Å². The lowest BCUT2D eigenvalue weighted by Crippen LogP contribution is -2.43. The predicted molar refractivity (Wildman–Crippen MR) is 184 cm³/mol. The molecule has 1 N–H and O–H groups in total. The van der Waals surface area contributed by atoms with Gasteiger partial charge in [-0.3, -0.25) is 24.1 Å². The van der Waals surface area contributed by atoms with Gasteiger partial charge < -0.3 is 28.8 Å². The van der Waals surface area contributed by atoms with Crippen molar-refractivity contribution in [2.45, 2.75) is 36.5 Å². The van der Waals surface area contributed by atoms with Crippen LogP contribution in [0.5, 0.6) is 11.5 Å². The Labute approximate surface area is 296 Å². The fraction of sp³-hybridized carbons (Fsp3) is 0.472. The number of anilines is 1. The van der Waals surface area contributed by atoms with E-state index in [2.05, 4.69) is 4.98 Å². The lowest BCUT2D eigenvalue weighted by molar-refractivity contribution is -0.137. The molecule has 7 atom stereocenters. The quantitative estimate of drug-likeness (QED) is 0.255. The number of esters is 1. The van der Waals surface area contributed by atoms with Gasteiger partial charge in [-0.15, -0.1) is 11.8 Å². The largest absolute Gasteiger partial charge is 0.490 e. The van der Waals surface area contributed by atoms with Gasteiger partial charge in [0.05, 0.1) is 54.5 Å². The van der Waals surface area contributed by atoms with Crippen LogP contribution in [-0.4, -0.2) is 84.9 Å². The molecule has 2 aromatic carbocycles. The first-order chi connectivity index (χ1) is 24.3. The third-order valence-electron chi connectivity index (χ3n) is 10.7. The van der Waals surface area contributed by atoms with Gasteiger partial charge >= 0.3 is 10.8 Å². The SMILES string of the molecule is CCOC(=O)c1ccc(N2C(=O)[C@H]3[C@H]4C[C@@H]([C@@H]3C2=O)[C@@H]2[C@H](c3ccc(OCC(=O)N5CCOCC5)c(OCC)c3)c3sc(=O)[nH]c3S[C@H]42)cc1. The van der Waals surface area contributed by atoms with E-state index < -0.39 is 17.8 Å². The second-order valence-electron chi connectivity index (χ2n) is 13.2. The number of fused-ring (bicyclic) bond motifs is 9. The number of ether oxygens (including phenoxy) is 4. The number of hydrogen-bond acceptors (Lipinski definition) is 11. The number of thioether (sulfide) groups is 1. The molecule has 2 saturated carbocycles. The van der Waals surface area contributed by atoms with Crippen molar-refractivity contribution >= 4 is 52.5 Å². The van der Waals surface area contributed by atoms with Crippen LogP contribution in [0.2, 0.25) is 0 Å². The Kier molecular flexibility index (Phi) is 8.72. The number of H-pyrrole nitrogens is 1. The van der Waals surface area contributed by atoms with Crippen molar-refractivity contribution in [2.24, 2.45) is 29.6 Å². The zero-order valence-corrected chi connectivity index (χ0v) is 29.3. The molecular formula is C36H37N3O9S2. The van der Waals surface area contributed by atoms with E-state index >= 15 is 0 Å². The summed E-state index contributed by atoms with van der Waals surface area (Å²) in [5.74, 6) is -1.29. The molecule has 0 radical (unpaired) electrons. The molecule has 0 unspecified atom stereocenters. The van der Waals surface area contributed by atoms with Gasteiger partial charge in [-0.2, -0.15) is 0 Å². The number of benzene rings is 2. The molecule has 2 saturated heterocycles. The van der Waals surface area contributed by atoms with Crippen LogP contribution in [0.15, 0.2) is 52.3 Å². The van der Waals surface area contributed by atoms with Gasteiger partial charge in [0.15, 0.2) is 18.1 Å². The van der Waals surface area contributed by atoms with Crippen LogP contribution in [0.25, 0.3) is 0 Å². The maximum atomic E-state index is 14.2. The first-order valence-corrected chi connectivity index (χ1v) is 18.8. The van der Waals surface area contributed by atoms with E-state index in [9.17, 15) is 24.0 Å². The van der Waals surface area contributed by atoms with Crippen LogP contribution in [0, 0.1) is 29.6 Å². The summed E-state index contributed by atoms with van der Waals surface area (Å²) in [7, 11) is 0. The van der Waals surface area contributed by atoms with E-state index in [0.717, 1.165) is 21.9 Å². The van der Waals surface area contributed by atoms with E-state index in [-0.39, 0.29) is 64.7 Å². The minimum absolute atomic E-state index is 0.00256. The Balaban J connectivity index is 1.09. The Morgan fingerprint density at radius 1 is 0.920 bits per heavy atom. The Bertz CT molecular complexity index is 1900. The molecule has 1 aromatic heterocycles. The highest BCUT2D eigenvalue weighted by molar-refractivity contribution is 8.00. The molecule has 5 aliphatic rings. The second-order valence-corrected chi connectivity index (χ2v) is 15.4. The van der Waals surface area contributed by atoms with Crippen LogP contribution >= 0.6 is 23.1 Å². The van der Waals surface area contributed by atoms with Crippen molar-refractivity contribution in [2.75, 3.05) is 51.0 Å². The van der Waals surface area contributed by atoms with Gasteiger partial charge in [-0.1, -0.05) is 17.4 Å². The number of nitrogens with one attached hydrogen (secondary N) is 1. The summed E-state index contributed by atoms with van der Waals surface area (Å²) in [6.45, 7) is 6.19. The zero-order valence-electron chi connectivity index (χ0n) is 27.6. The fourth-order valence-electron chi connectivity index (χ4n) is 8.75. The normalized spacial score (nSPS) is 27.9. The highest BCUT2D eigenvalue weighted by atomic mass is 32.2. The molecule has 14 heteroatoms. The minimum Gasteiger partial charge on any atom is -0.490 e. The number of rotatable bonds is 9. The summed E-state index contributed by atoms with van der Waals surface area (Å²) in [6, 6.07) is 12.1. The highest BCUT2D eigenvalue weighted by Gasteiger charge is 2.69. The Hall–Kier alpha value is -4.14. The molecule has 8 rings (SSSR count). The van der Waals surface area contributed by atoms with Crippen LogP contribution in [0.1, 0.15) is 47.0 Å². The van der Waals surface area contributed by atoms with Crippen molar-refractivity contribution in [1.82, 2.24) is 9.88 Å². The lowest BCUT2D eigenvalue weighted by Gasteiger charge is -2.43. The number of imide groups is 1. The smallest absolute Gasteiger partial charge is 0.338 e. The van der Waals surface area contributed by atoms with Crippen molar-refractivity contribution in [3.63, 3.8) is 0 Å². The van der Waals surface area contributed by atoms with E-state index in [4.69, 9.17) is 18.9 Å². The molecule has 12 nitrogen and oxygen atoms in total. The molecule has 3 amide bonds. The summed E-state index contributed by atoms with van der Waals surface area (Å²) in [4.78, 5) is 72.8. The average molecular weight is 720 g/mol. The summed E-state index contributed by atoms with van der Waals surface area (Å²) < 4.78 is 22.5. The van der Waals surface area contributed by atoms with E-state index in [1.807, 2.05) is 25.1 Å². The van der Waals surface area contributed by atoms with Gasteiger partial charge in [0.2, 0.25) is 11.8 Å². The molecule has 3 aliphatic heterocycles. The monoisotopic (exact) mass is 719 g/mol. The number of hydrogen-bond donors (Lipinski definition) is 1. The van der Waals surface area contributed by atoms with Gasteiger partial charge in [-0.25, -0.2) is 4.79 Å². The van der Waals surface area contributed by atoms with Crippen molar-refractivity contribution in [1.29, 1.82) is 0 Å². The maximum absolute atomic E-state index is 14.2. The number of aromatic amines is 1. The fourth-order valence-corrected chi connectivity index (χ4v) is 11.6. The number of carbonyl (C=O) groups excluding carboxylic acids is 4. The molecule has 2 aliphatic carbocycles. The standard InChI is InChI=1S/C36H37N3O9S2/c1-3-46-24-15-19(7-10-23(24)48-17-25(40)38-11-13-45-14-12-38)26-27-21-16-22(30(27)49-32-31(26)50-36(44)37-32)29-28(21)33(41)39(34(29)42)20-8-5-18(6-9-20)35(43)47-4-2/h5-10,15,21-22,26-30H,3-4,11-14,16-17H2,1-2H3,(H,37,44)/t21-,22-,26+,27-,28+,29+,30-/m1/s1. The van der Waals surface area contributed by atoms with Crippen LogP contribution in [0.3, 0.4) is 0 Å². The predicted octanol–water partition coefficient (Wildman–Crippen LogP) is 3.93. The highest BCUT2D eigenvalue weighted by Crippen LogP contribution is 2.68. The minimum atomic E-state index is -0.473. The van der Waals surface area contributed by atoms with E-state index in [1.54, 1.807) is 47.9 Å². The maximum Gasteiger partial charge on any atom is 0.338 e. The summed E-state index contributed by atoms with van der Waals surface area (Å²) in [6.07, 6.45) is 0.754. The van der Waals surface area contributed by atoms with Gasteiger partial charge in [0.25, 0.3) is 5.91 Å².